The van der Waals surface area contributed by atoms with Crippen molar-refractivity contribution < 1.29 is 0 Å². The van der Waals surface area contributed by atoms with E-state index in [0.29, 0.717) is 0 Å². The molecule has 0 aliphatic carbocycles. The number of aromatic nitrogens is 3. The summed E-state index contributed by atoms with van der Waals surface area (Å²) in [6, 6.07) is 10.6. The van der Waals surface area contributed by atoms with Crippen LogP contribution in [0.5, 0.6) is 0 Å². The summed E-state index contributed by atoms with van der Waals surface area (Å²) in [4.78, 5) is 4.25. The van der Waals surface area contributed by atoms with E-state index in [9.17, 15) is 0 Å². The maximum absolute atomic E-state index is 4.67. The van der Waals surface area contributed by atoms with Crippen LogP contribution in [0.3, 0.4) is 0 Å². The second-order valence-electron chi connectivity index (χ2n) is 5.07. The molecular weight excluding hydrogens is 328 g/mol. The largest absolute Gasteiger partial charge is 0.313 e. The van der Waals surface area contributed by atoms with Gasteiger partial charge in [0.15, 0.2) is 0 Å². The number of hydrogen-bond acceptors (Lipinski definition) is 3. The third-order valence-corrected chi connectivity index (χ3v) is 4.14. The van der Waals surface area contributed by atoms with Crippen molar-refractivity contribution in [3.05, 3.63) is 58.5 Å². The van der Waals surface area contributed by atoms with Crippen LogP contribution in [-0.2, 0) is 13.5 Å². The molecule has 0 radical (unpaired) electrons. The minimum absolute atomic E-state index is 0.188. The van der Waals surface area contributed by atoms with Gasteiger partial charge in [-0.25, -0.2) is 0 Å². The van der Waals surface area contributed by atoms with Gasteiger partial charge in [0.05, 0.1) is 11.2 Å². The van der Waals surface area contributed by atoms with Gasteiger partial charge in [-0.3, -0.25) is 9.67 Å². The van der Waals surface area contributed by atoms with Crippen LogP contribution in [-0.4, -0.2) is 21.8 Å². The second-order valence-corrected chi connectivity index (χ2v) is 5.99. The van der Waals surface area contributed by atoms with Crippen LogP contribution in [0.25, 0.3) is 10.9 Å². The van der Waals surface area contributed by atoms with Crippen LogP contribution >= 0.6 is 15.9 Å². The van der Waals surface area contributed by atoms with E-state index in [4.69, 9.17) is 0 Å². The molecule has 4 nitrogen and oxygen atoms in total. The third-order valence-electron chi connectivity index (χ3n) is 3.71. The number of nitrogens with one attached hydrogen (secondary N) is 1. The zero-order valence-corrected chi connectivity index (χ0v) is 13.6. The summed E-state index contributed by atoms with van der Waals surface area (Å²) < 4.78 is 2.93. The van der Waals surface area contributed by atoms with E-state index in [-0.39, 0.29) is 6.04 Å². The molecule has 108 valence electrons. The Hall–Kier alpha value is -1.72. The highest BCUT2D eigenvalue weighted by molar-refractivity contribution is 9.10. The minimum atomic E-state index is 0.188. The predicted molar refractivity (Wildman–Crippen MR) is 88.2 cm³/mol. The fraction of sp³-hybridized carbons (Fsp3) is 0.250. The Bertz CT molecular complexity index is 766. The molecular formula is C16H17BrN4. The Morgan fingerprint density at radius 1 is 1.29 bits per heavy atom. The lowest BCUT2D eigenvalue weighted by molar-refractivity contribution is 0.577. The molecule has 1 atom stereocenters. The van der Waals surface area contributed by atoms with Gasteiger partial charge in [0.2, 0.25) is 0 Å². The third kappa shape index (κ3) is 2.84. The number of nitrogens with zero attached hydrogens (tertiary/aromatic N) is 3. The van der Waals surface area contributed by atoms with E-state index in [1.807, 2.05) is 31.0 Å². The standard InChI is InChI=1S/C16H17BrN4/c1-18-14(11-7-12(17)10-19-9-11)8-15-13-5-3-4-6-16(13)21(2)20-15/h3-7,9-10,14,18H,8H2,1-2H3. The first-order chi connectivity index (χ1) is 10.2. The van der Waals surface area contributed by atoms with Crippen LogP contribution in [0.2, 0.25) is 0 Å². The van der Waals surface area contributed by atoms with Crippen molar-refractivity contribution in [3.8, 4) is 0 Å². The highest BCUT2D eigenvalue weighted by Gasteiger charge is 2.15. The number of rotatable bonds is 4. The lowest BCUT2D eigenvalue weighted by Crippen LogP contribution is -2.19. The van der Waals surface area contributed by atoms with Gasteiger partial charge in [0, 0.05) is 41.8 Å². The Kier molecular flexibility index (Phi) is 4.03. The molecule has 3 rings (SSSR count). The van der Waals surface area contributed by atoms with Gasteiger partial charge in [-0.1, -0.05) is 18.2 Å². The maximum atomic E-state index is 4.67. The van der Waals surface area contributed by atoms with Crippen molar-refractivity contribution >= 4 is 26.8 Å². The van der Waals surface area contributed by atoms with Crippen LogP contribution in [0.1, 0.15) is 17.3 Å². The lowest BCUT2D eigenvalue weighted by Gasteiger charge is -2.15. The first-order valence-electron chi connectivity index (χ1n) is 6.87. The van der Waals surface area contributed by atoms with Gasteiger partial charge in [0.25, 0.3) is 0 Å². The molecule has 0 aliphatic rings. The number of likely N-dealkylation sites (N-methyl/N-ethyl adjacent to an activating group) is 1. The van der Waals surface area contributed by atoms with Crippen molar-refractivity contribution in [1.29, 1.82) is 0 Å². The normalized spacial score (nSPS) is 12.7. The van der Waals surface area contributed by atoms with Gasteiger partial charge < -0.3 is 5.32 Å². The summed E-state index contributed by atoms with van der Waals surface area (Å²) in [5.74, 6) is 0. The Morgan fingerprint density at radius 2 is 2.10 bits per heavy atom. The Labute approximate surface area is 132 Å². The Morgan fingerprint density at radius 3 is 2.86 bits per heavy atom. The van der Waals surface area contributed by atoms with Gasteiger partial charge >= 0.3 is 0 Å². The minimum Gasteiger partial charge on any atom is -0.313 e. The van der Waals surface area contributed by atoms with Crippen molar-refractivity contribution in [2.24, 2.45) is 7.05 Å². The highest BCUT2D eigenvalue weighted by atomic mass is 79.9. The van der Waals surface area contributed by atoms with E-state index < -0.39 is 0 Å². The molecule has 0 saturated carbocycles. The summed E-state index contributed by atoms with van der Waals surface area (Å²) in [5.41, 5.74) is 3.42. The fourth-order valence-electron chi connectivity index (χ4n) is 2.64. The zero-order valence-electron chi connectivity index (χ0n) is 12.0. The van der Waals surface area contributed by atoms with Crippen LogP contribution < -0.4 is 5.32 Å². The smallest absolute Gasteiger partial charge is 0.0722 e. The molecule has 1 N–H and O–H groups in total. The topological polar surface area (TPSA) is 42.7 Å². The second kappa shape index (κ2) is 5.95. The number of benzene rings is 1. The molecule has 0 fully saturated rings. The average molecular weight is 345 g/mol. The number of fused-ring (bicyclic) bond motifs is 1. The molecule has 0 amide bonds. The number of para-hydroxylation sites is 1. The molecule has 5 heteroatoms. The molecule has 21 heavy (non-hydrogen) atoms. The van der Waals surface area contributed by atoms with Crippen molar-refractivity contribution in [2.75, 3.05) is 7.05 Å². The van der Waals surface area contributed by atoms with E-state index in [1.54, 1.807) is 6.20 Å². The number of hydrogen-bond donors (Lipinski definition) is 1. The van der Waals surface area contributed by atoms with Gasteiger partial charge in [0.1, 0.15) is 0 Å². The van der Waals surface area contributed by atoms with E-state index in [2.05, 4.69) is 55.6 Å². The van der Waals surface area contributed by atoms with Crippen LogP contribution in [0.4, 0.5) is 0 Å². The summed E-state index contributed by atoms with van der Waals surface area (Å²) in [6.45, 7) is 0. The van der Waals surface area contributed by atoms with E-state index in [0.717, 1.165) is 27.7 Å². The molecule has 1 unspecified atom stereocenters. The molecule has 3 aromatic rings. The van der Waals surface area contributed by atoms with Crippen LogP contribution in [0, 0.1) is 0 Å². The van der Waals surface area contributed by atoms with Crippen molar-refractivity contribution in [1.82, 2.24) is 20.1 Å². The summed E-state index contributed by atoms with van der Waals surface area (Å²) in [5, 5.41) is 9.24. The predicted octanol–water partition coefficient (Wildman–Crippen LogP) is 3.23. The average Bonchev–Trinajstić information content (AvgIpc) is 2.82. The highest BCUT2D eigenvalue weighted by Crippen LogP contribution is 2.24. The first kappa shape index (κ1) is 14.2. The fourth-order valence-corrected chi connectivity index (χ4v) is 3.02. The summed E-state index contributed by atoms with van der Waals surface area (Å²) in [7, 11) is 3.96. The van der Waals surface area contributed by atoms with Crippen LogP contribution in [0.15, 0.2) is 47.2 Å². The van der Waals surface area contributed by atoms with Crippen molar-refractivity contribution in [2.45, 2.75) is 12.5 Å². The quantitative estimate of drug-likeness (QED) is 0.790. The molecule has 0 bridgehead atoms. The molecule has 0 aliphatic heterocycles. The monoisotopic (exact) mass is 344 g/mol. The number of aryl methyl sites for hydroxylation is 1. The molecule has 0 spiro atoms. The van der Waals surface area contributed by atoms with Crippen molar-refractivity contribution in [3.63, 3.8) is 0 Å². The molecule has 0 saturated heterocycles. The maximum Gasteiger partial charge on any atom is 0.0722 e. The zero-order chi connectivity index (χ0) is 14.8. The molecule has 2 aromatic heterocycles. The number of halogens is 1. The summed E-state index contributed by atoms with van der Waals surface area (Å²) in [6.07, 6.45) is 4.53. The molecule has 1 aromatic carbocycles. The SMILES string of the molecule is CNC(Cc1nn(C)c2ccccc12)c1cncc(Br)c1. The molecule has 2 heterocycles. The Balaban J connectivity index is 1.96. The van der Waals surface area contributed by atoms with Gasteiger partial charge in [-0.15, -0.1) is 0 Å². The summed E-state index contributed by atoms with van der Waals surface area (Å²) >= 11 is 3.48. The first-order valence-corrected chi connectivity index (χ1v) is 7.66. The lowest BCUT2D eigenvalue weighted by atomic mass is 10.0. The number of pyridine rings is 1. The van der Waals surface area contributed by atoms with E-state index in [1.165, 1.54) is 5.39 Å². The van der Waals surface area contributed by atoms with Gasteiger partial charge in [-0.05, 0) is 40.7 Å². The van der Waals surface area contributed by atoms with E-state index >= 15 is 0 Å². The van der Waals surface area contributed by atoms with Gasteiger partial charge in [-0.2, -0.15) is 5.10 Å².